The zero-order valence-corrected chi connectivity index (χ0v) is 10.4. The molecule has 1 heteroatoms. The van der Waals surface area contributed by atoms with E-state index in [1.54, 1.807) is 11.1 Å². The van der Waals surface area contributed by atoms with E-state index in [0.717, 1.165) is 0 Å². The summed E-state index contributed by atoms with van der Waals surface area (Å²) in [7, 11) is 0. The highest BCUT2D eigenvalue weighted by molar-refractivity contribution is 5.51. The smallest absolute Gasteiger partial charge is 0.0568 e. The molecule has 2 heterocycles. The van der Waals surface area contributed by atoms with Gasteiger partial charge in [0.1, 0.15) is 0 Å². The van der Waals surface area contributed by atoms with E-state index in [1.165, 1.54) is 25.7 Å². The van der Waals surface area contributed by atoms with Crippen LogP contribution in [0.25, 0.3) is 0 Å². The normalized spacial score (nSPS) is 46.1. The molecule has 1 N–H and O–H groups in total. The molecule has 0 aromatic carbocycles. The number of rotatable bonds is 0. The second-order valence-corrected chi connectivity index (χ2v) is 6.13. The van der Waals surface area contributed by atoms with Crippen LogP contribution in [0.2, 0.25) is 0 Å². The van der Waals surface area contributed by atoms with Gasteiger partial charge in [-0.1, -0.05) is 42.0 Å². The van der Waals surface area contributed by atoms with Gasteiger partial charge in [-0.15, -0.1) is 0 Å². The van der Waals surface area contributed by atoms with Crippen molar-refractivity contribution in [1.82, 2.24) is 5.32 Å². The Hall–Kier alpha value is -1.08. The van der Waals surface area contributed by atoms with Crippen LogP contribution in [0.15, 0.2) is 47.6 Å². The molecule has 3 atom stereocenters. The molecule has 2 saturated heterocycles. The molecular weight excluding hydrogens is 206 g/mol. The van der Waals surface area contributed by atoms with Crippen molar-refractivity contribution in [3.8, 4) is 0 Å². The van der Waals surface area contributed by atoms with Crippen molar-refractivity contribution in [2.45, 2.75) is 44.2 Å². The van der Waals surface area contributed by atoms with Crippen LogP contribution in [0, 0.1) is 5.41 Å². The molecule has 88 valence electrons. The van der Waals surface area contributed by atoms with Crippen LogP contribution in [-0.4, -0.2) is 11.6 Å². The Bertz CT molecular complexity index is 494. The Balaban J connectivity index is 2.03. The van der Waals surface area contributed by atoms with Gasteiger partial charge in [0, 0.05) is 11.5 Å². The van der Waals surface area contributed by atoms with E-state index >= 15 is 0 Å². The van der Waals surface area contributed by atoms with Gasteiger partial charge in [0.2, 0.25) is 0 Å². The highest BCUT2D eigenvalue weighted by atomic mass is 15.0. The van der Waals surface area contributed by atoms with Crippen LogP contribution in [0.3, 0.4) is 0 Å². The molecule has 3 aliphatic carbocycles. The molecule has 3 fully saturated rings. The molecule has 0 aromatic rings. The minimum Gasteiger partial charge on any atom is -0.302 e. The predicted molar refractivity (Wildman–Crippen MR) is 70.7 cm³/mol. The minimum atomic E-state index is 0.0701. The van der Waals surface area contributed by atoms with Gasteiger partial charge in [0.15, 0.2) is 0 Å². The fraction of sp³-hybridized carbons (Fsp3) is 0.500. The first-order chi connectivity index (χ1) is 8.23. The maximum atomic E-state index is 3.88. The van der Waals surface area contributed by atoms with Gasteiger partial charge in [0.05, 0.1) is 5.54 Å². The number of allylic oxidation sites excluding steroid dienone is 5. The van der Waals surface area contributed by atoms with Crippen LogP contribution in [0.4, 0.5) is 0 Å². The second-order valence-electron chi connectivity index (χ2n) is 6.13. The van der Waals surface area contributed by atoms with E-state index in [2.05, 4.69) is 48.7 Å². The number of nitrogens with one attached hydrogen (secondary N) is 1. The lowest BCUT2D eigenvalue weighted by molar-refractivity contribution is 0.322. The zero-order chi connectivity index (χ0) is 11.5. The summed E-state index contributed by atoms with van der Waals surface area (Å²) in [5, 5.41) is 3.88. The maximum absolute atomic E-state index is 3.88. The molecule has 5 rings (SSSR count). The number of hydrogen-bond acceptors (Lipinski definition) is 1. The Morgan fingerprint density at radius 1 is 1.29 bits per heavy atom. The van der Waals surface area contributed by atoms with Crippen molar-refractivity contribution in [3.05, 3.63) is 47.6 Å². The first kappa shape index (κ1) is 9.90. The topological polar surface area (TPSA) is 12.0 Å². The first-order valence-corrected chi connectivity index (χ1v) is 6.77. The second kappa shape index (κ2) is 3.02. The third kappa shape index (κ3) is 1.13. The molecule has 1 spiro atoms. The maximum Gasteiger partial charge on any atom is 0.0568 e. The SMILES string of the molecule is CC12C=CC=C3CC(CCC34CC=CC=C14)N2. The van der Waals surface area contributed by atoms with Crippen molar-refractivity contribution >= 4 is 0 Å². The third-order valence-electron chi connectivity index (χ3n) is 5.17. The summed E-state index contributed by atoms with van der Waals surface area (Å²) in [5.74, 6) is 0. The minimum absolute atomic E-state index is 0.0701. The van der Waals surface area contributed by atoms with Gasteiger partial charge in [0.25, 0.3) is 0 Å². The van der Waals surface area contributed by atoms with Crippen molar-refractivity contribution < 1.29 is 0 Å². The molecular formula is C16H19N. The molecule has 2 aliphatic heterocycles. The van der Waals surface area contributed by atoms with Crippen LogP contribution in [0.5, 0.6) is 0 Å². The first-order valence-electron chi connectivity index (χ1n) is 6.77. The Kier molecular flexibility index (Phi) is 1.76. The molecule has 0 aromatic heterocycles. The summed E-state index contributed by atoms with van der Waals surface area (Å²) in [6, 6.07) is 0.674. The van der Waals surface area contributed by atoms with E-state index in [1.807, 2.05) is 0 Å². The molecule has 4 bridgehead atoms. The lowest BCUT2D eigenvalue weighted by atomic mass is 9.60. The molecule has 0 amide bonds. The third-order valence-corrected chi connectivity index (χ3v) is 5.17. The zero-order valence-electron chi connectivity index (χ0n) is 10.4. The average Bonchev–Trinajstić information content (AvgIpc) is 2.56. The van der Waals surface area contributed by atoms with Crippen molar-refractivity contribution in [2.75, 3.05) is 0 Å². The standard InChI is InChI=1S/C16H19N/c1-15-8-4-5-12-11-13(17-15)7-10-16(12)9-3-2-6-14(15)16/h2-6,8,13,17H,7,9-11H2,1H3. The van der Waals surface area contributed by atoms with Gasteiger partial charge in [-0.25, -0.2) is 0 Å². The van der Waals surface area contributed by atoms with Crippen LogP contribution < -0.4 is 5.32 Å². The van der Waals surface area contributed by atoms with E-state index in [9.17, 15) is 0 Å². The van der Waals surface area contributed by atoms with Crippen LogP contribution in [-0.2, 0) is 0 Å². The largest absolute Gasteiger partial charge is 0.302 e. The molecule has 3 unspecified atom stereocenters. The lowest BCUT2D eigenvalue weighted by Gasteiger charge is -2.43. The summed E-state index contributed by atoms with van der Waals surface area (Å²) >= 11 is 0. The fourth-order valence-electron chi connectivity index (χ4n) is 4.41. The Morgan fingerprint density at radius 2 is 2.24 bits per heavy atom. The summed E-state index contributed by atoms with van der Waals surface area (Å²) in [5.41, 5.74) is 3.68. The van der Waals surface area contributed by atoms with Gasteiger partial charge in [-0.05, 0) is 38.2 Å². The van der Waals surface area contributed by atoms with Gasteiger partial charge in [-0.3, -0.25) is 0 Å². The predicted octanol–water partition coefficient (Wildman–Crippen LogP) is 3.27. The molecule has 1 saturated carbocycles. The highest BCUT2D eigenvalue weighted by Crippen LogP contribution is 2.57. The average molecular weight is 225 g/mol. The van der Waals surface area contributed by atoms with Gasteiger partial charge < -0.3 is 5.32 Å². The quantitative estimate of drug-likeness (QED) is 0.667. The summed E-state index contributed by atoms with van der Waals surface area (Å²) in [6.07, 6.45) is 19.1. The Labute approximate surface area is 103 Å². The fourth-order valence-corrected chi connectivity index (χ4v) is 4.41. The van der Waals surface area contributed by atoms with E-state index in [-0.39, 0.29) is 5.54 Å². The van der Waals surface area contributed by atoms with Crippen molar-refractivity contribution in [1.29, 1.82) is 0 Å². The molecule has 5 aliphatic rings. The number of fused-ring (bicyclic) bond motifs is 1. The van der Waals surface area contributed by atoms with Crippen molar-refractivity contribution in [2.24, 2.45) is 5.41 Å². The van der Waals surface area contributed by atoms with Crippen LogP contribution >= 0.6 is 0 Å². The van der Waals surface area contributed by atoms with Crippen molar-refractivity contribution in [3.63, 3.8) is 0 Å². The summed E-state index contributed by atoms with van der Waals surface area (Å²) in [4.78, 5) is 0. The van der Waals surface area contributed by atoms with E-state index < -0.39 is 0 Å². The molecule has 17 heavy (non-hydrogen) atoms. The summed E-state index contributed by atoms with van der Waals surface area (Å²) in [6.45, 7) is 2.35. The highest BCUT2D eigenvalue weighted by Gasteiger charge is 2.52. The molecule has 0 radical (unpaired) electrons. The van der Waals surface area contributed by atoms with Gasteiger partial charge in [-0.2, -0.15) is 0 Å². The number of hydrogen-bond donors (Lipinski definition) is 1. The van der Waals surface area contributed by atoms with E-state index in [4.69, 9.17) is 0 Å². The van der Waals surface area contributed by atoms with E-state index in [0.29, 0.717) is 11.5 Å². The monoisotopic (exact) mass is 225 g/mol. The molecule has 1 nitrogen and oxygen atoms in total. The summed E-state index contributed by atoms with van der Waals surface area (Å²) < 4.78 is 0. The Morgan fingerprint density at radius 3 is 3.18 bits per heavy atom. The lowest BCUT2D eigenvalue weighted by Crippen LogP contribution is -2.46. The van der Waals surface area contributed by atoms with Gasteiger partial charge >= 0.3 is 0 Å². The van der Waals surface area contributed by atoms with Crippen LogP contribution in [0.1, 0.15) is 32.6 Å².